The second-order valence-electron chi connectivity index (χ2n) is 3.98. The number of likely N-dealkylation sites (N-methyl/N-ethyl adjacent to an activating group) is 1. The largest absolute Gasteiger partial charge is 0.480 e. The Balaban J connectivity index is 3.84. The third kappa shape index (κ3) is 9.84. The first kappa shape index (κ1) is 14.5. The summed E-state index contributed by atoms with van der Waals surface area (Å²) in [6.07, 6.45) is 0. The van der Waals surface area contributed by atoms with E-state index in [1.807, 2.05) is 21.1 Å². The predicted octanol–water partition coefficient (Wildman–Crippen LogP) is -0.0892. The maximum Gasteiger partial charge on any atom is 0.472 e. The Kier molecular flexibility index (Phi) is 5.41. The maximum absolute atomic E-state index is 11.0. The summed E-state index contributed by atoms with van der Waals surface area (Å²) >= 11 is 0. The van der Waals surface area contributed by atoms with E-state index in [-0.39, 0.29) is 6.61 Å². The minimum atomic E-state index is -4.22. The summed E-state index contributed by atoms with van der Waals surface area (Å²) in [6.45, 7) is -0.309. The lowest BCUT2D eigenvalue weighted by Gasteiger charge is -2.23. The number of rotatable bonds is 7. The molecule has 0 aliphatic carbocycles. The fraction of sp³-hybridized carbons (Fsp3) is 0.857. The van der Waals surface area contributed by atoms with Crippen LogP contribution in [0.2, 0.25) is 0 Å². The highest BCUT2D eigenvalue weighted by atomic mass is 31.2. The monoisotopic (exact) mass is 242 g/mol. The predicted molar refractivity (Wildman–Crippen MR) is 52.3 cm³/mol. The molecular formula is C7H17NO6P+. The number of hydrogen-bond donors (Lipinski definition) is 2. The van der Waals surface area contributed by atoms with Crippen LogP contribution in [0.4, 0.5) is 0 Å². The number of phosphoric ester groups is 1. The van der Waals surface area contributed by atoms with Gasteiger partial charge in [-0.05, 0) is 0 Å². The minimum Gasteiger partial charge on any atom is -0.480 e. The highest BCUT2D eigenvalue weighted by molar-refractivity contribution is 7.47. The SMILES string of the molecule is C[N+](C)(C)CCOP(=O)(O)OCC(=O)O. The molecule has 0 aliphatic rings. The van der Waals surface area contributed by atoms with Crippen LogP contribution < -0.4 is 0 Å². The first-order valence-electron chi connectivity index (χ1n) is 4.26. The van der Waals surface area contributed by atoms with E-state index in [1.54, 1.807) is 0 Å². The molecule has 0 aromatic carbocycles. The van der Waals surface area contributed by atoms with Crippen molar-refractivity contribution in [1.82, 2.24) is 0 Å². The van der Waals surface area contributed by atoms with Crippen molar-refractivity contribution < 1.29 is 32.9 Å². The van der Waals surface area contributed by atoms with Gasteiger partial charge in [-0.15, -0.1) is 0 Å². The molecule has 0 saturated heterocycles. The maximum atomic E-state index is 11.0. The second-order valence-corrected chi connectivity index (χ2v) is 5.44. The van der Waals surface area contributed by atoms with E-state index in [9.17, 15) is 9.36 Å². The normalized spacial score (nSPS) is 16.0. The number of hydrogen-bond acceptors (Lipinski definition) is 4. The molecule has 1 atom stereocenters. The van der Waals surface area contributed by atoms with Crippen LogP contribution in [0.25, 0.3) is 0 Å². The Bertz CT molecular complexity index is 261. The topological polar surface area (TPSA) is 93.1 Å². The molecule has 0 rings (SSSR count). The van der Waals surface area contributed by atoms with E-state index in [4.69, 9.17) is 10.00 Å². The molecule has 0 heterocycles. The van der Waals surface area contributed by atoms with Gasteiger partial charge >= 0.3 is 13.8 Å². The molecule has 0 aromatic rings. The van der Waals surface area contributed by atoms with Gasteiger partial charge in [0.05, 0.1) is 21.1 Å². The van der Waals surface area contributed by atoms with Gasteiger partial charge in [0.15, 0.2) is 6.61 Å². The van der Waals surface area contributed by atoms with Crippen molar-refractivity contribution in [2.75, 3.05) is 40.9 Å². The van der Waals surface area contributed by atoms with Crippen LogP contribution >= 0.6 is 7.82 Å². The van der Waals surface area contributed by atoms with Gasteiger partial charge in [0.2, 0.25) is 0 Å². The van der Waals surface area contributed by atoms with Gasteiger partial charge in [0.25, 0.3) is 0 Å². The summed E-state index contributed by atoms with van der Waals surface area (Å²) < 4.78 is 20.4. The van der Waals surface area contributed by atoms with Gasteiger partial charge < -0.3 is 14.5 Å². The van der Waals surface area contributed by atoms with Crippen molar-refractivity contribution in [3.8, 4) is 0 Å². The zero-order valence-corrected chi connectivity index (χ0v) is 9.94. The molecule has 8 heteroatoms. The van der Waals surface area contributed by atoms with Crippen LogP contribution in [0.15, 0.2) is 0 Å². The average molecular weight is 242 g/mol. The molecule has 7 nitrogen and oxygen atoms in total. The highest BCUT2D eigenvalue weighted by Gasteiger charge is 2.23. The zero-order chi connectivity index (χ0) is 12.1. The standard InChI is InChI=1S/C7H16NO6P/c1-8(2,3)4-5-13-15(11,12)14-6-7(9)10/h4-6H2,1-3H3,(H-,9,10,11,12)/p+1. The minimum absolute atomic E-state index is 0.0247. The van der Waals surface area contributed by atoms with Gasteiger partial charge in [-0.3, -0.25) is 9.05 Å². The zero-order valence-electron chi connectivity index (χ0n) is 9.04. The molecule has 0 aromatic heterocycles. The fourth-order valence-electron chi connectivity index (χ4n) is 0.604. The van der Waals surface area contributed by atoms with Crippen molar-refractivity contribution in [2.24, 2.45) is 0 Å². The van der Waals surface area contributed by atoms with Crippen molar-refractivity contribution in [2.45, 2.75) is 0 Å². The number of quaternary nitrogens is 1. The van der Waals surface area contributed by atoms with E-state index >= 15 is 0 Å². The fourth-order valence-corrected chi connectivity index (χ4v) is 1.26. The summed E-state index contributed by atoms with van der Waals surface area (Å²) in [5.74, 6) is -1.32. The second kappa shape index (κ2) is 5.58. The Morgan fingerprint density at radius 1 is 1.33 bits per heavy atom. The summed E-state index contributed by atoms with van der Waals surface area (Å²) in [7, 11) is 1.45. The highest BCUT2D eigenvalue weighted by Crippen LogP contribution is 2.42. The number of carboxylic acid groups (broad SMARTS) is 1. The average Bonchev–Trinajstić information content (AvgIpc) is 1.98. The van der Waals surface area contributed by atoms with Crippen LogP contribution in [0.1, 0.15) is 0 Å². The van der Waals surface area contributed by atoms with Crippen molar-refractivity contribution in [1.29, 1.82) is 0 Å². The van der Waals surface area contributed by atoms with Crippen LogP contribution in [-0.2, 0) is 18.4 Å². The van der Waals surface area contributed by atoms with Crippen molar-refractivity contribution >= 4 is 13.8 Å². The van der Waals surface area contributed by atoms with Crippen molar-refractivity contribution in [3.05, 3.63) is 0 Å². The number of carbonyl (C=O) groups is 1. The summed E-state index contributed by atoms with van der Waals surface area (Å²) in [4.78, 5) is 19.1. The lowest BCUT2D eigenvalue weighted by atomic mass is 10.5. The van der Waals surface area contributed by atoms with Crippen LogP contribution in [0.3, 0.4) is 0 Å². The summed E-state index contributed by atoms with van der Waals surface area (Å²) in [5, 5.41) is 8.22. The molecule has 0 spiro atoms. The molecule has 15 heavy (non-hydrogen) atoms. The molecule has 0 amide bonds. The summed E-state index contributed by atoms with van der Waals surface area (Å²) in [6, 6.07) is 0. The Morgan fingerprint density at radius 2 is 1.87 bits per heavy atom. The molecule has 0 radical (unpaired) electrons. The lowest BCUT2D eigenvalue weighted by Crippen LogP contribution is -2.37. The van der Waals surface area contributed by atoms with E-state index in [1.165, 1.54) is 0 Å². The molecule has 2 N–H and O–H groups in total. The smallest absolute Gasteiger partial charge is 0.472 e. The third-order valence-electron chi connectivity index (χ3n) is 1.37. The van der Waals surface area contributed by atoms with E-state index in [0.717, 1.165) is 0 Å². The third-order valence-corrected chi connectivity index (χ3v) is 2.33. The first-order chi connectivity index (χ1) is 6.62. The van der Waals surface area contributed by atoms with E-state index in [2.05, 4.69) is 9.05 Å². The molecule has 0 saturated carbocycles. The Labute approximate surface area is 88.4 Å². The lowest BCUT2D eigenvalue weighted by molar-refractivity contribution is -0.870. The molecular weight excluding hydrogens is 225 g/mol. The molecule has 0 bridgehead atoms. The van der Waals surface area contributed by atoms with Gasteiger partial charge in [0, 0.05) is 0 Å². The van der Waals surface area contributed by atoms with Crippen molar-refractivity contribution in [3.63, 3.8) is 0 Å². The van der Waals surface area contributed by atoms with Crippen LogP contribution in [0, 0.1) is 0 Å². The molecule has 0 aliphatic heterocycles. The molecule has 0 fully saturated rings. The van der Waals surface area contributed by atoms with Gasteiger partial charge in [0.1, 0.15) is 13.2 Å². The van der Waals surface area contributed by atoms with Gasteiger partial charge in [-0.2, -0.15) is 0 Å². The number of nitrogens with zero attached hydrogens (tertiary/aromatic N) is 1. The van der Waals surface area contributed by atoms with Gasteiger partial charge in [-0.25, -0.2) is 9.36 Å². The van der Waals surface area contributed by atoms with Gasteiger partial charge in [-0.1, -0.05) is 0 Å². The number of phosphoric acid groups is 1. The van der Waals surface area contributed by atoms with Crippen LogP contribution in [-0.4, -0.2) is 61.4 Å². The molecule has 1 unspecified atom stereocenters. The van der Waals surface area contributed by atoms with E-state index < -0.39 is 20.4 Å². The first-order valence-corrected chi connectivity index (χ1v) is 5.76. The number of aliphatic carboxylic acids is 1. The van der Waals surface area contributed by atoms with E-state index in [0.29, 0.717) is 11.0 Å². The quantitative estimate of drug-likeness (QED) is 0.478. The number of carboxylic acids is 1. The summed E-state index contributed by atoms with van der Waals surface area (Å²) in [5.41, 5.74) is 0. The Hall–Kier alpha value is -0.460. The molecule has 90 valence electrons. The Morgan fingerprint density at radius 3 is 2.27 bits per heavy atom. The van der Waals surface area contributed by atoms with Crippen LogP contribution in [0.5, 0.6) is 0 Å².